The summed E-state index contributed by atoms with van der Waals surface area (Å²) in [6, 6.07) is 0. The molecular weight excluding hydrogens is 264 g/mol. The van der Waals surface area contributed by atoms with Gasteiger partial charge >= 0.3 is 0 Å². The van der Waals surface area contributed by atoms with Crippen molar-refractivity contribution in [2.24, 2.45) is 5.92 Å². The third-order valence-electron chi connectivity index (χ3n) is 5.32. The summed E-state index contributed by atoms with van der Waals surface area (Å²) in [6.45, 7) is 3.40. The van der Waals surface area contributed by atoms with Crippen LogP contribution < -0.4 is 0 Å². The molecule has 1 aromatic rings. The topological polar surface area (TPSA) is 54.0 Å². The molecular formula is C16H28N4O. The van der Waals surface area contributed by atoms with Gasteiger partial charge in [-0.25, -0.2) is 4.98 Å². The van der Waals surface area contributed by atoms with E-state index in [4.69, 9.17) is 4.74 Å². The van der Waals surface area contributed by atoms with E-state index in [1.54, 1.807) is 6.33 Å². The molecule has 2 aliphatic rings. The number of rotatable bonds is 5. The van der Waals surface area contributed by atoms with E-state index in [-0.39, 0.29) is 0 Å². The number of methoxy groups -OCH3 is 1. The van der Waals surface area contributed by atoms with E-state index in [0.29, 0.717) is 12.0 Å². The number of piperidine rings is 1. The molecule has 1 aromatic heterocycles. The summed E-state index contributed by atoms with van der Waals surface area (Å²) in [6.07, 6.45) is 11.3. The van der Waals surface area contributed by atoms with Crippen LogP contribution >= 0.6 is 0 Å². The van der Waals surface area contributed by atoms with E-state index in [1.807, 2.05) is 7.11 Å². The van der Waals surface area contributed by atoms with E-state index < -0.39 is 0 Å². The fourth-order valence-electron chi connectivity index (χ4n) is 3.98. The molecule has 1 N–H and O–H groups in total. The maximum atomic E-state index is 5.82. The molecule has 1 unspecified atom stereocenters. The number of hydrogen-bond acceptors (Lipinski definition) is 4. The van der Waals surface area contributed by atoms with Crippen LogP contribution in [0, 0.1) is 5.92 Å². The van der Waals surface area contributed by atoms with E-state index in [0.717, 1.165) is 31.4 Å². The molecule has 2 heterocycles. The Balaban J connectivity index is 1.47. The average Bonchev–Trinajstić information content (AvgIpc) is 3.08. The van der Waals surface area contributed by atoms with Crippen LogP contribution in [0.15, 0.2) is 6.33 Å². The highest BCUT2D eigenvalue weighted by Crippen LogP contribution is 2.30. The number of likely N-dealkylation sites (tertiary alicyclic amines) is 1. The largest absolute Gasteiger partial charge is 0.380 e. The Hall–Kier alpha value is -0.940. The summed E-state index contributed by atoms with van der Waals surface area (Å²) in [7, 11) is 1.89. The molecule has 1 aliphatic carbocycles. The number of aromatic amines is 1. The van der Waals surface area contributed by atoms with Gasteiger partial charge in [0.15, 0.2) is 0 Å². The van der Waals surface area contributed by atoms with Gasteiger partial charge < -0.3 is 9.64 Å². The van der Waals surface area contributed by atoms with Gasteiger partial charge in [0.2, 0.25) is 0 Å². The summed E-state index contributed by atoms with van der Waals surface area (Å²) in [5, 5.41) is 6.99. The average molecular weight is 292 g/mol. The number of nitrogens with zero attached hydrogens (tertiary/aromatic N) is 3. The normalized spacial score (nSPS) is 24.2. The molecule has 0 bridgehead atoms. The van der Waals surface area contributed by atoms with Crippen LogP contribution in [0.4, 0.5) is 0 Å². The molecule has 1 saturated heterocycles. The standard InChI is InChI=1S/C16H28N4O/c1-21-15(13-5-3-2-4-6-13)11-20-9-7-14(8-10-20)16-17-12-18-19-16/h12-15H,2-11H2,1H3,(H,17,18,19). The highest BCUT2D eigenvalue weighted by molar-refractivity contribution is 4.96. The Labute approximate surface area is 127 Å². The van der Waals surface area contributed by atoms with Crippen molar-refractivity contribution in [2.45, 2.75) is 57.0 Å². The van der Waals surface area contributed by atoms with Crippen molar-refractivity contribution >= 4 is 0 Å². The van der Waals surface area contributed by atoms with Gasteiger partial charge in [0.25, 0.3) is 0 Å². The smallest absolute Gasteiger partial charge is 0.137 e. The van der Waals surface area contributed by atoms with Crippen LogP contribution in [0.25, 0.3) is 0 Å². The molecule has 5 heteroatoms. The van der Waals surface area contributed by atoms with Crippen LogP contribution in [-0.4, -0.2) is 52.9 Å². The molecule has 118 valence electrons. The lowest BCUT2D eigenvalue weighted by Crippen LogP contribution is -2.42. The van der Waals surface area contributed by atoms with E-state index >= 15 is 0 Å². The highest BCUT2D eigenvalue weighted by Gasteiger charge is 2.28. The predicted octanol–water partition coefficient (Wildman–Crippen LogP) is 2.58. The minimum absolute atomic E-state index is 0.423. The van der Waals surface area contributed by atoms with E-state index in [1.165, 1.54) is 44.9 Å². The zero-order valence-corrected chi connectivity index (χ0v) is 13.1. The van der Waals surface area contributed by atoms with Gasteiger partial charge in [0, 0.05) is 19.6 Å². The second kappa shape index (κ2) is 7.36. The van der Waals surface area contributed by atoms with Crippen LogP contribution in [0.2, 0.25) is 0 Å². The van der Waals surface area contributed by atoms with Gasteiger partial charge in [-0.1, -0.05) is 19.3 Å². The van der Waals surface area contributed by atoms with E-state index in [2.05, 4.69) is 20.1 Å². The third kappa shape index (κ3) is 3.83. The highest BCUT2D eigenvalue weighted by atomic mass is 16.5. The molecule has 0 radical (unpaired) electrons. The van der Waals surface area contributed by atoms with Gasteiger partial charge in [-0.2, -0.15) is 5.10 Å². The Morgan fingerprint density at radius 2 is 2.00 bits per heavy atom. The van der Waals surface area contributed by atoms with Crippen LogP contribution in [-0.2, 0) is 4.74 Å². The van der Waals surface area contributed by atoms with Crippen molar-refractivity contribution in [3.05, 3.63) is 12.2 Å². The summed E-state index contributed by atoms with van der Waals surface area (Å²) >= 11 is 0. The summed E-state index contributed by atoms with van der Waals surface area (Å²) in [4.78, 5) is 6.88. The number of hydrogen-bond donors (Lipinski definition) is 1. The van der Waals surface area contributed by atoms with Crippen LogP contribution in [0.3, 0.4) is 0 Å². The molecule has 21 heavy (non-hydrogen) atoms. The number of ether oxygens (including phenoxy) is 1. The Bertz CT molecular complexity index is 394. The third-order valence-corrected chi connectivity index (χ3v) is 5.32. The molecule has 2 fully saturated rings. The van der Waals surface area contributed by atoms with Gasteiger partial charge in [-0.05, 0) is 44.7 Å². The molecule has 1 saturated carbocycles. The first-order chi connectivity index (χ1) is 10.4. The van der Waals surface area contributed by atoms with Crippen molar-refractivity contribution in [1.82, 2.24) is 20.1 Å². The molecule has 3 rings (SSSR count). The Kier molecular flexibility index (Phi) is 5.25. The molecule has 0 amide bonds. The van der Waals surface area contributed by atoms with Crippen molar-refractivity contribution in [1.29, 1.82) is 0 Å². The lowest BCUT2D eigenvalue weighted by molar-refractivity contribution is 0.00421. The van der Waals surface area contributed by atoms with Gasteiger partial charge in [-0.15, -0.1) is 0 Å². The summed E-state index contributed by atoms with van der Waals surface area (Å²) in [5.41, 5.74) is 0. The van der Waals surface area contributed by atoms with Crippen molar-refractivity contribution in [2.75, 3.05) is 26.7 Å². The fourth-order valence-corrected chi connectivity index (χ4v) is 3.98. The van der Waals surface area contributed by atoms with Crippen LogP contribution in [0.5, 0.6) is 0 Å². The maximum absolute atomic E-state index is 5.82. The van der Waals surface area contributed by atoms with E-state index in [9.17, 15) is 0 Å². The predicted molar refractivity (Wildman–Crippen MR) is 82.2 cm³/mol. The Morgan fingerprint density at radius 3 is 2.62 bits per heavy atom. The first kappa shape index (κ1) is 15.0. The molecule has 5 nitrogen and oxygen atoms in total. The SMILES string of the molecule is COC(CN1CCC(c2ncn[nH]2)CC1)C1CCCCC1. The number of H-pyrrole nitrogens is 1. The first-order valence-corrected chi connectivity index (χ1v) is 8.47. The monoisotopic (exact) mass is 292 g/mol. The first-order valence-electron chi connectivity index (χ1n) is 8.47. The zero-order valence-electron chi connectivity index (χ0n) is 13.1. The lowest BCUT2D eigenvalue weighted by Gasteiger charge is -2.36. The second-order valence-electron chi connectivity index (χ2n) is 6.62. The molecule has 1 aliphatic heterocycles. The van der Waals surface area contributed by atoms with Gasteiger partial charge in [-0.3, -0.25) is 5.10 Å². The molecule has 0 spiro atoms. The zero-order chi connectivity index (χ0) is 14.5. The quantitative estimate of drug-likeness (QED) is 0.906. The lowest BCUT2D eigenvalue weighted by atomic mass is 9.84. The molecule has 1 atom stereocenters. The van der Waals surface area contributed by atoms with Crippen molar-refractivity contribution < 1.29 is 4.74 Å². The van der Waals surface area contributed by atoms with Gasteiger partial charge in [0.05, 0.1) is 6.10 Å². The minimum atomic E-state index is 0.423. The molecule has 0 aromatic carbocycles. The Morgan fingerprint density at radius 1 is 1.24 bits per heavy atom. The van der Waals surface area contributed by atoms with Crippen LogP contribution in [0.1, 0.15) is 56.7 Å². The van der Waals surface area contributed by atoms with Crippen molar-refractivity contribution in [3.8, 4) is 0 Å². The minimum Gasteiger partial charge on any atom is -0.380 e. The number of aromatic nitrogens is 3. The second-order valence-corrected chi connectivity index (χ2v) is 6.62. The van der Waals surface area contributed by atoms with Gasteiger partial charge in [0.1, 0.15) is 12.2 Å². The maximum Gasteiger partial charge on any atom is 0.137 e. The van der Waals surface area contributed by atoms with Crippen molar-refractivity contribution in [3.63, 3.8) is 0 Å². The number of nitrogens with one attached hydrogen (secondary N) is 1. The fraction of sp³-hybridized carbons (Fsp3) is 0.875. The summed E-state index contributed by atoms with van der Waals surface area (Å²) < 4.78 is 5.82. The summed E-state index contributed by atoms with van der Waals surface area (Å²) in [5.74, 6) is 2.39.